The first-order valence-corrected chi connectivity index (χ1v) is 8.56. The minimum absolute atomic E-state index is 0.00305. The molecule has 1 N–H and O–H groups in total. The number of carbonyl (C=O) groups excluding carboxylic acids is 1. The quantitative estimate of drug-likeness (QED) is 0.674. The van der Waals surface area contributed by atoms with Gasteiger partial charge in [-0.1, -0.05) is 30.3 Å². The van der Waals surface area contributed by atoms with Crippen LogP contribution >= 0.6 is 0 Å². The Labute approximate surface area is 150 Å². The molecule has 0 aromatic heterocycles. The van der Waals surface area contributed by atoms with Crippen molar-refractivity contribution in [2.45, 2.75) is 31.5 Å². The summed E-state index contributed by atoms with van der Waals surface area (Å²) in [5.41, 5.74) is 1.03. The van der Waals surface area contributed by atoms with E-state index in [2.05, 4.69) is 5.32 Å². The Morgan fingerprint density at radius 1 is 1.31 bits per heavy atom. The van der Waals surface area contributed by atoms with Crippen LogP contribution in [0.5, 0.6) is 5.75 Å². The monoisotopic (exact) mass is 353 g/mol. The number of benzene rings is 2. The fraction of sp³-hybridized carbons (Fsp3) is 0.316. The Morgan fingerprint density at radius 3 is 2.81 bits per heavy atom. The largest absolute Gasteiger partial charge is 0.468 e. The Bertz CT molecular complexity index is 870. The van der Waals surface area contributed by atoms with Crippen molar-refractivity contribution in [1.29, 1.82) is 0 Å². The molecule has 1 fully saturated rings. The summed E-state index contributed by atoms with van der Waals surface area (Å²) in [6, 6.07) is 14.0. The third-order valence-corrected chi connectivity index (χ3v) is 5.07. The molecule has 0 radical (unpaired) electrons. The minimum Gasteiger partial charge on any atom is -0.468 e. The van der Waals surface area contributed by atoms with E-state index in [0.717, 1.165) is 12.0 Å². The molecule has 2 amide bonds. The summed E-state index contributed by atoms with van der Waals surface area (Å²) in [5, 5.41) is 14.0. The Hall–Kier alpha value is -3.09. The zero-order valence-electron chi connectivity index (χ0n) is 14.3. The predicted molar refractivity (Wildman–Crippen MR) is 94.9 cm³/mol. The SMILES string of the molecule is C[C@@]12C[C@@H](NC(=O)N1CCc1ccccc1)c1cc([N+](=O)[O-])ccc1O2. The lowest BCUT2D eigenvalue weighted by Crippen LogP contribution is -2.65. The molecular formula is C19H19N3O4. The number of nitro benzene ring substituents is 1. The first kappa shape index (κ1) is 16.4. The molecule has 7 heteroatoms. The number of nitrogens with zero attached hydrogens (tertiary/aromatic N) is 2. The fourth-order valence-electron chi connectivity index (χ4n) is 3.74. The van der Waals surface area contributed by atoms with Crippen molar-refractivity contribution >= 4 is 11.7 Å². The lowest BCUT2D eigenvalue weighted by molar-refractivity contribution is -0.385. The predicted octanol–water partition coefficient (Wildman–Crippen LogP) is 3.40. The van der Waals surface area contributed by atoms with Crippen LogP contribution in [0.4, 0.5) is 10.5 Å². The summed E-state index contributed by atoms with van der Waals surface area (Å²) in [6.07, 6.45) is 1.27. The van der Waals surface area contributed by atoms with Crippen molar-refractivity contribution in [2.75, 3.05) is 6.54 Å². The standard InChI is InChI=1S/C19H19N3O4/c1-19-12-16(15-11-14(22(24)25)7-8-17(15)26-19)20-18(23)21(19)10-9-13-5-3-2-4-6-13/h2-8,11,16H,9-10,12H2,1H3,(H,20,23)/t16-,19-/m1/s1. The second kappa shape index (κ2) is 6.01. The third kappa shape index (κ3) is 2.75. The molecule has 0 spiro atoms. The normalized spacial score (nSPS) is 23.7. The molecule has 2 aromatic carbocycles. The van der Waals surface area contributed by atoms with Crippen molar-refractivity contribution in [3.8, 4) is 5.75 Å². The smallest absolute Gasteiger partial charge is 0.320 e. The third-order valence-electron chi connectivity index (χ3n) is 5.07. The number of non-ortho nitro benzene ring substituents is 1. The highest BCUT2D eigenvalue weighted by Gasteiger charge is 2.49. The van der Waals surface area contributed by atoms with E-state index in [-0.39, 0.29) is 17.8 Å². The van der Waals surface area contributed by atoms with E-state index < -0.39 is 10.6 Å². The lowest BCUT2D eigenvalue weighted by Gasteiger charge is -2.50. The maximum absolute atomic E-state index is 12.7. The summed E-state index contributed by atoms with van der Waals surface area (Å²) < 4.78 is 6.14. The Balaban J connectivity index is 1.60. The number of hydrogen-bond donors (Lipinski definition) is 1. The summed E-state index contributed by atoms with van der Waals surface area (Å²) in [6.45, 7) is 2.43. The summed E-state index contributed by atoms with van der Waals surface area (Å²) >= 11 is 0. The molecule has 1 saturated heterocycles. The second-order valence-corrected chi connectivity index (χ2v) is 6.85. The number of ether oxygens (including phenoxy) is 1. The summed E-state index contributed by atoms with van der Waals surface area (Å²) in [7, 11) is 0. The van der Waals surface area contributed by atoms with Crippen LogP contribution in [-0.4, -0.2) is 28.1 Å². The zero-order valence-corrected chi connectivity index (χ0v) is 14.3. The molecule has 2 aromatic rings. The van der Waals surface area contributed by atoms with Gasteiger partial charge in [-0.2, -0.15) is 0 Å². The number of carbonyl (C=O) groups is 1. The van der Waals surface area contributed by atoms with Crippen molar-refractivity contribution in [3.05, 3.63) is 69.8 Å². The lowest BCUT2D eigenvalue weighted by atomic mass is 9.90. The van der Waals surface area contributed by atoms with Gasteiger partial charge in [-0.3, -0.25) is 15.0 Å². The number of nitrogens with one attached hydrogen (secondary N) is 1. The molecule has 7 nitrogen and oxygen atoms in total. The van der Waals surface area contributed by atoms with Gasteiger partial charge in [-0.25, -0.2) is 4.79 Å². The summed E-state index contributed by atoms with van der Waals surface area (Å²) in [4.78, 5) is 25.0. The van der Waals surface area contributed by atoms with Crippen molar-refractivity contribution < 1.29 is 14.5 Å². The van der Waals surface area contributed by atoms with Crippen LogP contribution in [0.25, 0.3) is 0 Å². The molecule has 134 valence electrons. The van der Waals surface area contributed by atoms with Crippen LogP contribution in [-0.2, 0) is 6.42 Å². The topological polar surface area (TPSA) is 84.7 Å². The van der Waals surface area contributed by atoms with Gasteiger partial charge in [0.2, 0.25) is 0 Å². The molecule has 2 bridgehead atoms. The first-order chi connectivity index (χ1) is 12.5. The van der Waals surface area contributed by atoms with Gasteiger partial charge in [0.15, 0.2) is 5.72 Å². The van der Waals surface area contributed by atoms with E-state index in [1.165, 1.54) is 12.1 Å². The van der Waals surface area contributed by atoms with Crippen molar-refractivity contribution in [1.82, 2.24) is 10.2 Å². The zero-order chi connectivity index (χ0) is 18.3. The van der Waals surface area contributed by atoms with Gasteiger partial charge in [-0.15, -0.1) is 0 Å². The number of nitro groups is 1. The number of rotatable bonds is 4. The molecule has 0 unspecified atom stereocenters. The highest BCUT2D eigenvalue weighted by Crippen LogP contribution is 2.45. The minimum atomic E-state index is -0.773. The average molecular weight is 353 g/mol. The van der Waals surface area contributed by atoms with Gasteiger partial charge < -0.3 is 10.1 Å². The molecule has 2 heterocycles. The number of fused-ring (bicyclic) bond motifs is 4. The van der Waals surface area contributed by atoms with Gasteiger partial charge in [0.05, 0.1) is 11.0 Å². The average Bonchev–Trinajstić information content (AvgIpc) is 2.61. The Morgan fingerprint density at radius 2 is 2.08 bits per heavy atom. The van der Waals surface area contributed by atoms with E-state index in [4.69, 9.17) is 4.74 Å². The van der Waals surface area contributed by atoms with Gasteiger partial charge in [0.25, 0.3) is 5.69 Å². The van der Waals surface area contributed by atoms with Gasteiger partial charge >= 0.3 is 6.03 Å². The molecular weight excluding hydrogens is 334 g/mol. The molecule has 0 saturated carbocycles. The van der Waals surface area contributed by atoms with Crippen LogP contribution in [0.2, 0.25) is 0 Å². The van der Waals surface area contributed by atoms with Crippen LogP contribution < -0.4 is 10.1 Å². The molecule has 2 atom stereocenters. The van der Waals surface area contributed by atoms with Crippen LogP contribution in [0.15, 0.2) is 48.5 Å². The van der Waals surface area contributed by atoms with Gasteiger partial charge in [0.1, 0.15) is 5.75 Å². The Kier molecular flexibility index (Phi) is 3.79. The van der Waals surface area contributed by atoms with Gasteiger partial charge in [0, 0.05) is 30.7 Å². The highest BCUT2D eigenvalue weighted by molar-refractivity contribution is 5.77. The molecule has 2 aliphatic rings. The van der Waals surface area contributed by atoms with E-state index in [1.807, 2.05) is 37.3 Å². The van der Waals surface area contributed by atoms with Crippen molar-refractivity contribution in [3.63, 3.8) is 0 Å². The molecule has 4 rings (SSSR count). The maximum atomic E-state index is 12.7. The number of urea groups is 1. The second-order valence-electron chi connectivity index (χ2n) is 6.85. The van der Waals surface area contributed by atoms with E-state index in [9.17, 15) is 14.9 Å². The summed E-state index contributed by atoms with van der Waals surface area (Å²) in [5.74, 6) is 0.582. The van der Waals surface area contributed by atoms with Crippen LogP contribution in [0, 0.1) is 10.1 Å². The molecule has 2 aliphatic heterocycles. The van der Waals surface area contributed by atoms with Crippen LogP contribution in [0.1, 0.15) is 30.5 Å². The van der Waals surface area contributed by atoms with Crippen molar-refractivity contribution in [2.24, 2.45) is 0 Å². The first-order valence-electron chi connectivity index (χ1n) is 8.56. The van der Waals surface area contributed by atoms with E-state index in [0.29, 0.717) is 24.3 Å². The number of amides is 2. The van der Waals surface area contributed by atoms with E-state index in [1.54, 1.807) is 11.0 Å². The van der Waals surface area contributed by atoms with E-state index >= 15 is 0 Å². The molecule has 0 aliphatic carbocycles. The van der Waals surface area contributed by atoms with Crippen LogP contribution in [0.3, 0.4) is 0 Å². The highest BCUT2D eigenvalue weighted by atomic mass is 16.6. The number of hydrogen-bond acceptors (Lipinski definition) is 4. The maximum Gasteiger partial charge on any atom is 0.320 e. The fourth-order valence-corrected chi connectivity index (χ4v) is 3.74. The molecule has 26 heavy (non-hydrogen) atoms. The van der Waals surface area contributed by atoms with Gasteiger partial charge in [-0.05, 0) is 25.0 Å².